The van der Waals surface area contributed by atoms with E-state index in [0.717, 1.165) is 16.6 Å². The van der Waals surface area contributed by atoms with Crippen molar-refractivity contribution in [1.82, 2.24) is 19.3 Å². The molecule has 0 unspecified atom stereocenters. The molecule has 8 nitrogen and oxygen atoms in total. The van der Waals surface area contributed by atoms with Crippen molar-refractivity contribution in [2.45, 2.75) is 13.2 Å². The van der Waals surface area contributed by atoms with Crippen LogP contribution in [0.3, 0.4) is 0 Å². The van der Waals surface area contributed by atoms with Crippen molar-refractivity contribution in [3.63, 3.8) is 0 Å². The van der Waals surface area contributed by atoms with E-state index in [1.807, 2.05) is 18.5 Å². The summed E-state index contributed by atoms with van der Waals surface area (Å²) >= 11 is 0. The summed E-state index contributed by atoms with van der Waals surface area (Å²) in [6, 6.07) is 5.84. The van der Waals surface area contributed by atoms with Gasteiger partial charge in [0.1, 0.15) is 23.6 Å². The van der Waals surface area contributed by atoms with Gasteiger partial charge in [0.05, 0.1) is 13.2 Å². The lowest BCUT2D eigenvalue weighted by atomic mass is 10.3. The van der Waals surface area contributed by atoms with E-state index in [1.165, 1.54) is 6.33 Å². The number of nitrogen functional groups attached to an aromatic ring is 1. The average Bonchev–Trinajstić information content (AvgIpc) is 3.09. The summed E-state index contributed by atoms with van der Waals surface area (Å²) in [6.07, 6.45) is 5.12. The molecule has 112 valence electrons. The maximum atomic E-state index is 9.16. The van der Waals surface area contributed by atoms with Crippen molar-refractivity contribution in [3.8, 4) is 6.07 Å². The fourth-order valence-electron chi connectivity index (χ4n) is 2.26. The maximum absolute atomic E-state index is 9.16. The average molecular weight is 297 g/mol. The van der Waals surface area contributed by atoms with Crippen LogP contribution >= 0.6 is 0 Å². The van der Waals surface area contributed by atoms with E-state index >= 15 is 0 Å². The number of aromatic nitrogens is 4. The van der Waals surface area contributed by atoms with Crippen LogP contribution in [-0.4, -0.2) is 26.4 Å². The Morgan fingerprint density at radius 1 is 1.36 bits per heavy atom. The van der Waals surface area contributed by atoms with Crippen molar-refractivity contribution in [2.24, 2.45) is 0 Å². The van der Waals surface area contributed by atoms with Crippen LogP contribution < -0.4 is 11.2 Å². The number of nitrogens with one attached hydrogen (secondary N) is 1. The first-order valence-electron chi connectivity index (χ1n) is 6.63. The molecule has 8 heteroatoms. The van der Waals surface area contributed by atoms with Crippen molar-refractivity contribution in [2.75, 3.05) is 18.3 Å². The molecule has 3 aromatic rings. The zero-order valence-corrected chi connectivity index (χ0v) is 12.0. The third-order valence-electron chi connectivity index (χ3n) is 3.25. The van der Waals surface area contributed by atoms with E-state index < -0.39 is 0 Å². The third-order valence-corrected chi connectivity index (χ3v) is 3.25. The first-order valence-corrected chi connectivity index (χ1v) is 6.63. The van der Waals surface area contributed by atoms with E-state index in [2.05, 4.69) is 21.6 Å². The molecule has 0 spiro atoms. The third kappa shape index (κ3) is 2.57. The molecular formula is C14H15N7O. The molecular weight excluding hydrogens is 282 g/mol. The number of nitrogens with two attached hydrogens (primary N) is 1. The predicted molar refractivity (Wildman–Crippen MR) is 80.3 cm³/mol. The zero-order valence-electron chi connectivity index (χ0n) is 12.0. The fraction of sp³-hybridized carbons (Fsp3) is 0.214. The molecule has 0 bridgehead atoms. The Morgan fingerprint density at radius 2 is 2.23 bits per heavy atom. The van der Waals surface area contributed by atoms with Gasteiger partial charge >= 0.3 is 0 Å². The highest BCUT2D eigenvalue weighted by Gasteiger charge is 2.07. The van der Waals surface area contributed by atoms with Crippen LogP contribution in [0.4, 0.5) is 5.82 Å². The normalized spacial score (nSPS) is 10.7. The van der Waals surface area contributed by atoms with Gasteiger partial charge in [0, 0.05) is 19.5 Å². The standard InChI is InChI=1S/C14H15N7O/c1-22-8-11-2-12(4-15)20(7-11)18-5-10-3-13-14(16)17-9-19-21(13)6-10/h2-3,6-7,9,18H,5,8H2,1H3,(H2,16,17,19). The lowest BCUT2D eigenvalue weighted by Crippen LogP contribution is -2.14. The summed E-state index contributed by atoms with van der Waals surface area (Å²) in [5, 5.41) is 13.3. The number of anilines is 1. The summed E-state index contributed by atoms with van der Waals surface area (Å²) in [7, 11) is 1.62. The van der Waals surface area contributed by atoms with Gasteiger partial charge in [0.25, 0.3) is 0 Å². The molecule has 0 saturated heterocycles. The number of hydrogen-bond acceptors (Lipinski definition) is 6. The molecule has 0 fully saturated rings. The smallest absolute Gasteiger partial charge is 0.151 e. The summed E-state index contributed by atoms with van der Waals surface area (Å²) in [5.41, 5.74) is 12.2. The minimum atomic E-state index is 0.433. The minimum Gasteiger partial charge on any atom is -0.382 e. The second-order valence-corrected chi connectivity index (χ2v) is 4.81. The SMILES string of the molecule is COCc1cc(C#N)n(NCc2cc3c(N)ncnn3c2)c1. The van der Waals surface area contributed by atoms with E-state index in [-0.39, 0.29) is 0 Å². The van der Waals surface area contributed by atoms with Crippen LogP contribution in [0, 0.1) is 11.3 Å². The maximum Gasteiger partial charge on any atom is 0.151 e. The largest absolute Gasteiger partial charge is 0.382 e. The second kappa shape index (κ2) is 5.75. The van der Waals surface area contributed by atoms with E-state index in [9.17, 15) is 0 Å². The van der Waals surface area contributed by atoms with Gasteiger partial charge in [-0.1, -0.05) is 0 Å². The van der Waals surface area contributed by atoms with Gasteiger partial charge in [0.2, 0.25) is 0 Å². The van der Waals surface area contributed by atoms with Crippen molar-refractivity contribution in [1.29, 1.82) is 5.26 Å². The molecule has 0 amide bonds. The Hall–Kier alpha value is -3.05. The number of ether oxygens (including phenoxy) is 1. The highest BCUT2D eigenvalue weighted by atomic mass is 16.5. The van der Waals surface area contributed by atoms with Crippen LogP contribution in [-0.2, 0) is 17.9 Å². The molecule has 3 N–H and O–H groups in total. The molecule has 22 heavy (non-hydrogen) atoms. The Morgan fingerprint density at radius 3 is 2.95 bits per heavy atom. The molecule has 3 heterocycles. The Balaban J connectivity index is 1.79. The first-order chi connectivity index (χ1) is 10.7. The molecule has 0 saturated carbocycles. The number of fused-ring (bicyclic) bond motifs is 1. The molecule has 0 aliphatic carbocycles. The summed E-state index contributed by atoms with van der Waals surface area (Å²) < 4.78 is 8.44. The number of nitriles is 1. The number of nitrogens with zero attached hydrogens (tertiary/aromatic N) is 5. The molecule has 0 aliphatic heterocycles. The Kier molecular flexibility index (Phi) is 3.64. The predicted octanol–water partition coefficient (Wildman–Crippen LogP) is 0.875. The van der Waals surface area contributed by atoms with Gasteiger partial charge < -0.3 is 15.9 Å². The molecule has 3 rings (SSSR count). The quantitative estimate of drug-likeness (QED) is 0.724. The zero-order chi connectivity index (χ0) is 15.5. The Labute approximate surface area is 126 Å². The molecule has 0 aliphatic rings. The lowest BCUT2D eigenvalue weighted by molar-refractivity contribution is 0.185. The van der Waals surface area contributed by atoms with Gasteiger partial charge in [-0.05, 0) is 23.3 Å². The topological polar surface area (TPSA) is 106 Å². The summed E-state index contributed by atoms with van der Waals surface area (Å²) in [6.45, 7) is 0.990. The lowest BCUT2D eigenvalue weighted by Gasteiger charge is -2.07. The summed E-state index contributed by atoms with van der Waals surface area (Å²) in [4.78, 5) is 3.95. The van der Waals surface area contributed by atoms with Crippen molar-refractivity contribution in [3.05, 3.63) is 47.7 Å². The van der Waals surface area contributed by atoms with Crippen LogP contribution in [0.5, 0.6) is 0 Å². The van der Waals surface area contributed by atoms with E-state index in [1.54, 1.807) is 22.4 Å². The van der Waals surface area contributed by atoms with E-state index in [0.29, 0.717) is 24.7 Å². The molecule has 0 aromatic carbocycles. The highest BCUT2D eigenvalue weighted by Crippen LogP contribution is 2.14. The van der Waals surface area contributed by atoms with Gasteiger partial charge in [-0.2, -0.15) is 10.4 Å². The number of hydrogen-bond donors (Lipinski definition) is 2. The molecule has 3 aromatic heterocycles. The van der Waals surface area contributed by atoms with Crippen LogP contribution in [0.15, 0.2) is 30.9 Å². The monoisotopic (exact) mass is 297 g/mol. The van der Waals surface area contributed by atoms with Gasteiger partial charge in [-0.3, -0.25) is 4.68 Å². The molecule has 0 radical (unpaired) electrons. The summed E-state index contributed by atoms with van der Waals surface area (Å²) in [5.74, 6) is 0.433. The van der Waals surface area contributed by atoms with Gasteiger partial charge in [-0.25, -0.2) is 9.50 Å². The minimum absolute atomic E-state index is 0.433. The van der Waals surface area contributed by atoms with Crippen molar-refractivity contribution < 1.29 is 4.74 Å². The van der Waals surface area contributed by atoms with Crippen LogP contribution in [0.2, 0.25) is 0 Å². The Bertz CT molecular complexity index is 843. The number of rotatable bonds is 5. The fourth-order valence-corrected chi connectivity index (χ4v) is 2.26. The number of methoxy groups -OCH3 is 1. The van der Waals surface area contributed by atoms with Gasteiger partial charge in [-0.15, -0.1) is 0 Å². The van der Waals surface area contributed by atoms with Gasteiger partial charge in [0.15, 0.2) is 5.82 Å². The highest BCUT2D eigenvalue weighted by molar-refractivity contribution is 5.65. The first kappa shape index (κ1) is 13.9. The molecule has 0 atom stereocenters. The second-order valence-electron chi connectivity index (χ2n) is 4.81. The van der Waals surface area contributed by atoms with Crippen molar-refractivity contribution >= 4 is 11.3 Å². The van der Waals surface area contributed by atoms with Crippen LogP contribution in [0.1, 0.15) is 16.8 Å². The van der Waals surface area contributed by atoms with Crippen LogP contribution in [0.25, 0.3) is 5.52 Å². The van der Waals surface area contributed by atoms with E-state index in [4.69, 9.17) is 15.7 Å².